The molecule has 106 valence electrons. The van der Waals surface area contributed by atoms with Crippen LogP contribution in [-0.2, 0) is 0 Å². The minimum atomic E-state index is -0.360. The molecule has 0 aliphatic rings. The number of hydrogen-bond donors (Lipinski definition) is 2. The summed E-state index contributed by atoms with van der Waals surface area (Å²) in [6.07, 6.45) is 1.92. The van der Waals surface area contributed by atoms with Gasteiger partial charge in [0.15, 0.2) is 0 Å². The molecule has 0 aromatic heterocycles. The Hall–Kier alpha value is -1.78. The molecular formula is C14H23N3O2. The van der Waals surface area contributed by atoms with Crippen molar-refractivity contribution >= 4 is 17.1 Å². The van der Waals surface area contributed by atoms with E-state index in [4.69, 9.17) is 0 Å². The van der Waals surface area contributed by atoms with Gasteiger partial charge in [0, 0.05) is 35.6 Å². The molecule has 0 aliphatic heterocycles. The van der Waals surface area contributed by atoms with Gasteiger partial charge in [-0.1, -0.05) is 13.8 Å². The highest BCUT2D eigenvalue weighted by atomic mass is 16.6. The van der Waals surface area contributed by atoms with Crippen LogP contribution in [0.2, 0.25) is 0 Å². The Kier molecular flexibility index (Phi) is 5.15. The quantitative estimate of drug-likeness (QED) is 0.577. The molecule has 1 rings (SSSR count). The zero-order valence-electron chi connectivity index (χ0n) is 12.1. The molecule has 2 N–H and O–H groups in total. The Morgan fingerprint density at radius 3 is 2.21 bits per heavy atom. The number of hydrogen-bond acceptors (Lipinski definition) is 4. The fraction of sp³-hybridized carbons (Fsp3) is 0.571. The van der Waals surface area contributed by atoms with Crippen molar-refractivity contribution in [3.8, 4) is 0 Å². The third-order valence-corrected chi connectivity index (χ3v) is 3.52. The SMILES string of the molecule is CCNc1cc(NC(C)(CC)CC)cc([N+](=O)[O-])c1. The summed E-state index contributed by atoms with van der Waals surface area (Å²) in [5.41, 5.74) is 1.62. The molecule has 0 bridgehead atoms. The lowest BCUT2D eigenvalue weighted by atomic mass is 9.95. The van der Waals surface area contributed by atoms with Crippen LogP contribution in [0.25, 0.3) is 0 Å². The summed E-state index contributed by atoms with van der Waals surface area (Å²) in [5.74, 6) is 0. The Morgan fingerprint density at radius 1 is 1.16 bits per heavy atom. The van der Waals surface area contributed by atoms with Crippen LogP contribution in [0.4, 0.5) is 17.1 Å². The van der Waals surface area contributed by atoms with Gasteiger partial charge in [0.05, 0.1) is 4.92 Å². The van der Waals surface area contributed by atoms with Crippen molar-refractivity contribution < 1.29 is 4.92 Å². The average Bonchev–Trinajstić information content (AvgIpc) is 2.38. The molecule has 0 amide bonds. The summed E-state index contributed by atoms with van der Waals surface area (Å²) in [5, 5.41) is 17.5. The predicted molar refractivity (Wildman–Crippen MR) is 79.9 cm³/mol. The first-order valence-electron chi connectivity index (χ1n) is 6.75. The minimum absolute atomic E-state index is 0.0429. The molecule has 19 heavy (non-hydrogen) atoms. The fourth-order valence-corrected chi connectivity index (χ4v) is 1.87. The van der Waals surface area contributed by atoms with E-state index in [1.165, 1.54) is 0 Å². The van der Waals surface area contributed by atoms with Gasteiger partial charge in [0.1, 0.15) is 0 Å². The van der Waals surface area contributed by atoms with E-state index in [-0.39, 0.29) is 16.1 Å². The molecule has 0 fully saturated rings. The lowest BCUT2D eigenvalue weighted by molar-refractivity contribution is -0.384. The molecule has 0 radical (unpaired) electrons. The van der Waals surface area contributed by atoms with Crippen molar-refractivity contribution in [1.29, 1.82) is 0 Å². The van der Waals surface area contributed by atoms with Crippen molar-refractivity contribution in [1.82, 2.24) is 0 Å². The Balaban J connectivity index is 3.08. The third kappa shape index (κ3) is 4.12. The van der Waals surface area contributed by atoms with Gasteiger partial charge in [0.2, 0.25) is 0 Å². The van der Waals surface area contributed by atoms with Gasteiger partial charge < -0.3 is 10.6 Å². The molecule has 0 heterocycles. The van der Waals surface area contributed by atoms with Gasteiger partial charge in [-0.05, 0) is 32.8 Å². The lowest BCUT2D eigenvalue weighted by Crippen LogP contribution is -2.32. The van der Waals surface area contributed by atoms with Gasteiger partial charge in [-0.15, -0.1) is 0 Å². The second-order valence-electron chi connectivity index (χ2n) is 4.95. The molecule has 1 aromatic carbocycles. The van der Waals surface area contributed by atoms with Crippen LogP contribution in [0, 0.1) is 10.1 Å². The minimum Gasteiger partial charge on any atom is -0.385 e. The lowest BCUT2D eigenvalue weighted by Gasteiger charge is -2.29. The number of benzene rings is 1. The first kappa shape index (κ1) is 15.3. The van der Waals surface area contributed by atoms with Crippen molar-refractivity contribution in [3.63, 3.8) is 0 Å². The molecule has 5 heteroatoms. The van der Waals surface area contributed by atoms with Crippen molar-refractivity contribution in [2.75, 3.05) is 17.2 Å². The van der Waals surface area contributed by atoms with E-state index in [1.54, 1.807) is 12.1 Å². The maximum atomic E-state index is 11.0. The van der Waals surface area contributed by atoms with Crippen LogP contribution in [0.5, 0.6) is 0 Å². The summed E-state index contributed by atoms with van der Waals surface area (Å²) in [6.45, 7) is 9.05. The van der Waals surface area contributed by atoms with E-state index < -0.39 is 0 Å². The highest BCUT2D eigenvalue weighted by molar-refractivity contribution is 5.64. The zero-order valence-corrected chi connectivity index (χ0v) is 12.1. The molecule has 0 spiro atoms. The van der Waals surface area contributed by atoms with Crippen LogP contribution in [0.1, 0.15) is 40.5 Å². The zero-order chi connectivity index (χ0) is 14.5. The summed E-state index contributed by atoms with van der Waals surface area (Å²) >= 11 is 0. The number of anilines is 2. The fourth-order valence-electron chi connectivity index (χ4n) is 1.87. The summed E-state index contributed by atoms with van der Waals surface area (Å²) in [4.78, 5) is 10.6. The van der Waals surface area contributed by atoms with Crippen molar-refractivity contribution in [2.24, 2.45) is 0 Å². The number of nitro benzene ring substituents is 1. The van der Waals surface area contributed by atoms with Crippen molar-refractivity contribution in [3.05, 3.63) is 28.3 Å². The Morgan fingerprint density at radius 2 is 1.74 bits per heavy atom. The molecule has 0 aliphatic carbocycles. The van der Waals surface area contributed by atoms with Crippen LogP contribution in [-0.4, -0.2) is 17.0 Å². The smallest absolute Gasteiger partial charge is 0.273 e. The van der Waals surface area contributed by atoms with E-state index in [2.05, 4.69) is 31.4 Å². The molecule has 0 atom stereocenters. The summed E-state index contributed by atoms with van der Waals surface area (Å²) in [6, 6.07) is 5.06. The number of nitro groups is 1. The monoisotopic (exact) mass is 265 g/mol. The maximum absolute atomic E-state index is 11.0. The van der Waals surface area contributed by atoms with E-state index in [0.717, 1.165) is 30.8 Å². The molecule has 0 saturated carbocycles. The number of non-ortho nitro benzene ring substituents is 1. The van der Waals surface area contributed by atoms with Gasteiger partial charge >= 0.3 is 0 Å². The standard InChI is InChI=1S/C14H23N3O2/c1-5-14(4,6-2)16-12-8-11(15-7-3)9-13(10-12)17(18)19/h8-10,15-16H,5-7H2,1-4H3. The summed E-state index contributed by atoms with van der Waals surface area (Å²) < 4.78 is 0. The Bertz CT molecular complexity index is 442. The molecule has 0 unspecified atom stereocenters. The summed E-state index contributed by atoms with van der Waals surface area (Å²) in [7, 11) is 0. The third-order valence-electron chi connectivity index (χ3n) is 3.52. The van der Waals surface area contributed by atoms with Crippen LogP contribution in [0.3, 0.4) is 0 Å². The van der Waals surface area contributed by atoms with Gasteiger partial charge in [-0.25, -0.2) is 0 Å². The highest BCUT2D eigenvalue weighted by Crippen LogP contribution is 2.28. The van der Waals surface area contributed by atoms with Gasteiger partial charge in [-0.3, -0.25) is 10.1 Å². The first-order valence-corrected chi connectivity index (χ1v) is 6.75. The molecule has 5 nitrogen and oxygen atoms in total. The van der Waals surface area contributed by atoms with Crippen LogP contribution in [0.15, 0.2) is 18.2 Å². The maximum Gasteiger partial charge on any atom is 0.273 e. The largest absolute Gasteiger partial charge is 0.385 e. The van der Waals surface area contributed by atoms with E-state index >= 15 is 0 Å². The van der Waals surface area contributed by atoms with Crippen LogP contribution >= 0.6 is 0 Å². The number of rotatable bonds is 7. The van der Waals surface area contributed by atoms with Gasteiger partial charge in [0.25, 0.3) is 5.69 Å². The molecule has 1 aromatic rings. The van der Waals surface area contributed by atoms with Crippen molar-refractivity contribution in [2.45, 2.75) is 46.1 Å². The normalized spacial score (nSPS) is 11.2. The van der Waals surface area contributed by atoms with Gasteiger partial charge in [-0.2, -0.15) is 0 Å². The van der Waals surface area contributed by atoms with E-state index in [1.807, 2.05) is 13.0 Å². The second kappa shape index (κ2) is 6.41. The molecule has 0 saturated heterocycles. The topological polar surface area (TPSA) is 67.2 Å². The second-order valence-corrected chi connectivity index (χ2v) is 4.95. The number of nitrogens with zero attached hydrogens (tertiary/aromatic N) is 1. The Labute approximate surface area is 114 Å². The predicted octanol–water partition coefficient (Wildman–Crippen LogP) is 4.02. The highest BCUT2D eigenvalue weighted by Gasteiger charge is 2.20. The van der Waals surface area contributed by atoms with E-state index in [0.29, 0.717) is 0 Å². The average molecular weight is 265 g/mol. The van der Waals surface area contributed by atoms with Crippen LogP contribution < -0.4 is 10.6 Å². The number of nitrogens with one attached hydrogen (secondary N) is 2. The molecular weight excluding hydrogens is 242 g/mol. The first-order chi connectivity index (χ1) is 8.94. The van der Waals surface area contributed by atoms with E-state index in [9.17, 15) is 10.1 Å².